The second kappa shape index (κ2) is 9.72. The number of hydrogen-bond donors (Lipinski definition) is 1. The van der Waals surface area contributed by atoms with Gasteiger partial charge in [0.2, 0.25) is 0 Å². The Morgan fingerprint density at radius 1 is 1.45 bits per heavy atom. The number of ether oxygens (including phenoxy) is 1. The molecule has 1 N–H and O–H groups in total. The minimum absolute atomic E-state index is 0. The molecule has 0 aliphatic carbocycles. The van der Waals surface area contributed by atoms with Gasteiger partial charge in [-0.25, -0.2) is 0 Å². The number of halogens is 1. The number of rotatable bonds is 5. The Balaban J connectivity index is 0. The van der Waals surface area contributed by atoms with Crippen LogP contribution in [0.2, 0.25) is 0 Å². The van der Waals surface area contributed by atoms with Crippen molar-refractivity contribution in [1.29, 1.82) is 0 Å². The van der Waals surface area contributed by atoms with Crippen LogP contribution in [0.4, 0.5) is 0 Å². The van der Waals surface area contributed by atoms with E-state index in [1.165, 1.54) is 7.11 Å². The average molecular weight is 182 g/mol. The number of methoxy groups -OCH3 is 1. The van der Waals surface area contributed by atoms with Crippen LogP contribution >= 0.6 is 12.4 Å². The van der Waals surface area contributed by atoms with Crippen LogP contribution in [-0.2, 0) is 9.53 Å². The van der Waals surface area contributed by atoms with E-state index in [0.29, 0.717) is 6.42 Å². The molecule has 0 aromatic rings. The van der Waals surface area contributed by atoms with Gasteiger partial charge < -0.3 is 10.1 Å². The first-order valence-electron chi connectivity index (χ1n) is 3.52. The summed E-state index contributed by atoms with van der Waals surface area (Å²) in [7, 11) is 3.32. The average Bonchev–Trinajstić information content (AvgIpc) is 1.98. The van der Waals surface area contributed by atoms with Gasteiger partial charge in [0, 0.05) is 6.42 Å². The fraction of sp³-hybridized carbons (Fsp3) is 0.857. The summed E-state index contributed by atoms with van der Waals surface area (Å²) < 4.78 is 4.47. The fourth-order valence-corrected chi connectivity index (χ4v) is 0.673. The highest BCUT2D eigenvalue weighted by Gasteiger charge is 1.97. The van der Waals surface area contributed by atoms with Crippen molar-refractivity contribution in [3.63, 3.8) is 0 Å². The van der Waals surface area contributed by atoms with Crippen molar-refractivity contribution in [2.24, 2.45) is 0 Å². The molecule has 0 saturated heterocycles. The van der Waals surface area contributed by atoms with Crippen LogP contribution in [0.1, 0.15) is 19.3 Å². The summed E-state index contributed by atoms with van der Waals surface area (Å²) in [6.45, 7) is 0.969. The Bertz CT molecular complexity index is 98.4. The quantitative estimate of drug-likeness (QED) is 0.508. The maximum absolute atomic E-state index is 10.5. The van der Waals surface area contributed by atoms with Gasteiger partial charge >= 0.3 is 5.97 Å². The van der Waals surface area contributed by atoms with Crippen LogP contribution in [0, 0.1) is 0 Å². The topological polar surface area (TPSA) is 38.3 Å². The third-order valence-electron chi connectivity index (χ3n) is 1.29. The highest BCUT2D eigenvalue weighted by Crippen LogP contribution is 1.94. The Hall–Kier alpha value is -0.280. The number of esters is 1. The molecule has 0 aromatic heterocycles. The minimum atomic E-state index is -0.115. The molecule has 0 aromatic carbocycles. The molecule has 0 atom stereocenters. The van der Waals surface area contributed by atoms with Gasteiger partial charge in [-0.2, -0.15) is 0 Å². The van der Waals surface area contributed by atoms with E-state index in [0.717, 1.165) is 19.4 Å². The van der Waals surface area contributed by atoms with Gasteiger partial charge in [-0.05, 0) is 26.4 Å². The van der Waals surface area contributed by atoms with E-state index in [4.69, 9.17) is 0 Å². The van der Waals surface area contributed by atoms with Gasteiger partial charge in [0.15, 0.2) is 0 Å². The number of carbonyl (C=O) groups excluding carboxylic acids is 1. The van der Waals surface area contributed by atoms with Crippen LogP contribution in [0.5, 0.6) is 0 Å². The van der Waals surface area contributed by atoms with E-state index in [1.54, 1.807) is 0 Å². The van der Waals surface area contributed by atoms with Crippen molar-refractivity contribution in [3.8, 4) is 0 Å². The predicted molar refractivity (Wildman–Crippen MR) is 47.0 cm³/mol. The standard InChI is InChI=1S/C7H15NO2.ClH/c1-8-6-4-3-5-7(9)10-2;/h8H,3-6H2,1-2H3;1H. The maximum atomic E-state index is 10.5. The maximum Gasteiger partial charge on any atom is 0.305 e. The third-order valence-corrected chi connectivity index (χ3v) is 1.29. The molecule has 0 amide bonds. The number of hydrogen-bond acceptors (Lipinski definition) is 3. The molecule has 0 radical (unpaired) electrons. The van der Waals surface area contributed by atoms with Crippen LogP contribution in [0.15, 0.2) is 0 Å². The third kappa shape index (κ3) is 9.72. The molecule has 0 aliphatic rings. The molecule has 0 rings (SSSR count). The summed E-state index contributed by atoms with van der Waals surface area (Å²) in [6.07, 6.45) is 2.48. The monoisotopic (exact) mass is 181 g/mol. The Morgan fingerprint density at radius 2 is 2.09 bits per heavy atom. The molecule has 0 spiro atoms. The first-order chi connectivity index (χ1) is 4.81. The summed E-state index contributed by atoms with van der Waals surface area (Å²) in [5.74, 6) is -0.115. The largest absolute Gasteiger partial charge is 0.469 e. The predicted octanol–water partition coefficient (Wildman–Crippen LogP) is 0.971. The molecule has 0 aliphatic heterocycles. The highest BCUT2D eigenvalue weighted by molar-refractivity contribution is 5.85. The Morgan fingerprint density at radius 3 is 2.55 bits per heavy atom. The molecule has 4 heteroatoms. The van der Waals surface area contributed by atoms with Crippen molar-refractivity contribution in [1.82, 2.24) is 5.32 Å². The summed E-state index contributed by atoms with van der Waals surface area (Å²) in [6, 6.07) is 0. The van der Waals surface area contributed by atoms with Crippen molar-refractivity contribution in [2.75, 3.05) is 20.7 Å². The summed E-state index contributed by atoms with van der Waals surface area (Å²) in [5.41, 5.74) is 0. The van der Waals surface area contributed by atoms with Crippen molar-refractivity contribution in [3.05, 3.63) is 0 Å². The summed E-state index contributed by atoms with van der Waals surface area (Å²) in [4.78, 5) is 10.5. The van der Waals surface area contributed by atoms with E-state index in [1.807, 2.05) is 7.05 Å². The smallest absolute Gasteiger partial charge is 0.305 e. The van der Waals surface area contributed by atoms with Gasteiger partial charge in [-0.1, -0.05) is 0 Å². The number of unbranched alkanes of at least 4 members (excludes halogenated alkanes) is 1. The minimum Gasteiger partial charge on any atom is -0.469 e. The highest BCUT2D eigenvalue weighted by atomic mass is 35.5. The lowest BCUT2D eigenvalue weighted by molar-refractivity contribution is -0.140. The fourth-order valence-electron chi connectivity index (χ4n) is 0.673. The van der Waals surface area contributed by atoms with Crippen LogP contribution in [0.3, 0.4) is 0 Å². The van der Waals surface area contributed by atoms with E-state index in [9.17, 15) is 4.79 Å². The molecular weight excluding hydrogens is 166 g/mol. The van der Waals surface area contributed by atoms with Crippen molar-refractivity contribution < 1.29 is 9.53 Å². The van der Waals surface area contributed by atoms with Crippen LogP contribution in [0.25, 0.3) is 0 Å². The molecule has 0 unspecified atom stereocenters. The van der Waals surface area contributed by atoms with Crippen LogP contribution in [-0.4, -0.2) is 26.7 Å². The van der Waals surface area contributed by atoms with Gasteiger partial charge in [0.1, 0.15) is 0 Å². The lowest BCUT2D eigenvalue weighted by Gasteiger charge is -1.98. The van der Waals surface area contributed by atoms with Gasteiger partial charge in [-0.3, -0.25) is 4.79 Å². The molecule has 11 heavy (non-hydrogen) atoms. The first-order valence-corrected chi connectivity index (χ1v) is 3.52. The molecule has 68 valence electrons. The van der Waals surface area contributed by atoms with Crippen molar-refractivity contribution >= 4 is 18.4 Å². The molecule has 0 fully saturated rings. The van der Waals surface area contributed by atoms with E-state index >= 15 is 0 Å². The molecule has 3 nitrogen and oxygen atoms in total. The summed E-state index contributed by atoms with van der Waals surface area (Å²) in [5, 5.41) is 3.01. The van der Waals surface area contributed by atoms with E-state index < -0.39 is 0 Å². The Kier molecular flexibility index (Phi) is 11.8. The summed E-state index contributed by atoms with van der Waals surface area (Å²) >= 11 is 0. The molecule has 0 bridgehead atoms. The second-order valence-corrected chi connectivity index (χ2v) is 2.14. The van der Waals surface area contributed by atoms with Gasteiger partial charge in [-0.15, -0.1) is 12.4 Å². The zero-order chi connectivity index (χ0) is 7.82. The van der Waals surface area contributed by atoms with Gasteiger partial charge in [0.05, 0.1) is 7.11 Å². The van der Waals surface area contributed by atoms with E-state index in [2.05, 4.69) is 10.1 Å². The second-order valence-electron chi connectivity index (χ2n) is 2.14. The van der Waals surface area contributed by atoms with Crippen LogP contribution < -0.4 is 5.32 Å². The molecular formula is C7H16ClNO2. The normalized spacial score (nSPS) is 8.55. The zero-order valence-corrected chi connectivity index (χ0v) is 7.87. The lowest BCUT2D eigenvalue weighted by atomic mass is 10.2. The van der Waals surface area contributed by atoms with Gasteiger partial charge in [0.25, 0.3) is 0 Å². The lowest BCUT2D eigenvalue weighted by Crippen LogP contribution is -2.08. The zero-order valence-electron chi connectivity index (χ0n) is 7.05. The molecule has 0 saturated carbocycles. The number of nitrogens with one attached hydrogen (secondary N) is 1. The number of carbonyl (C=O) groups is 1. The van der Waals surface area contributed by atoms with Crippen molar-refractivity contribution in [2.45, 2.75) is 19.3 Å². The van der Waals surface area contributed by atoms with E-state index in [-0.39, 0.29) is 18.4 Å². The Labute approximate surface area is 73.9 Å². The SMILES string of the molecule is CNCCCCC(=O)OC.Cl. The first kappa shape index (κ1) is 13.3. The molecule has 0 heterocycles.